The average Bonchev–Trinajstić information content (AvgIpc) is 2.51. The van der Waals surface area contributed by atoms with Crippen LogP contribution in [0, 0.1) is 0 Å². The molecule has 0 aliphatic rings. The molecule has 4 nitrogen and oxygen atoms in total. The predicted molar refractivity (Wildman–Crippen MR) is 78.1 cm³/mol. The lowest BCUT2D eigenvalue weighted by atomic mass is 10.2. The van der Waals surface area contributed by atoms with Gasteiger partial charge in [-0.2, -0.15) is 0 Å². The van der Waals surface area contributed by atoms with Crippen LogP contribution in [-0.2, 0) is 6.54 Å². The van der Waals surface area contributed by atoms with Crippen molar-refractivity contribution in [2.24, 2.45) is 0 Å². The van der Waals surface area contributed by atoms with Gasteiger partial charge in [0, 0.05) is 0 Å². The highest BCUT2D eigenvalue weighted by Gasteiger charge is 2.04. The zero-order valence-electron chi connectivity index (χ0n) is 11.1. The molecule has 100 valence electrons. The molecule has 3 rings (SSSR count). The molecule has 20 heavy (non-hydrogen) atoms. The van der Waals surface area contributed by atoms with Gasteiger partial charge in [-0.15, -0.1) is 0 Å². The summed E-state index contributed by atoms with van der Waals surface area (Å²) in [7, 11) is 1.63. The van der Waals surface area contributed by atoms with Crippen molar-refractivity contribution in [3.8, 4) is 5.75 Å². The van der Waals surface area contributed by atoms with Gasteiger partial charge in [-0.1, -0.05) is 24.3 Å². The van der Waals surface area contributed by atoms with Crippen LogP contribution in [0.5, 0.6) is 5.75 Å². The molecule has 3 aromatic rings. The Bertz CT molecular complexity index is 791. The van der Waals surface area contributed by atoms with E-state index in [1.54, 1.807) is 11.7 Å². The molecule has 0 saturated heterocycles. The average molecular weight is 266 g/mol. The van der Waals surface area contributed by atoms with E-state index in [-0.39, 0.29) is 5.56 Å². The Labute approximate surface area is 116 Å². The van der Waals surface area contributed by atoms with Gasteiger partial charge in [0.1, 0.15) is 5.75 Å². The molecule has 0 aliphatic heterocycles. The van der Waals surface area contributed by atoms with E-state index in [1.165, 1.54) is 6.20 Å². The number of hydrogen-bond donors (Lipinski definition) is 0. The second-order valence-corrected chi connectivity index (χ2v) is 4.52. The van der Waals surface area contributed by atoms with Crippen LogP contribution >= 0.6 is 0 Å². The van der Waals surface area contributed by atoms with Crippen LogP contribution in [0.25, 0.3) is 11.0 Å². The molecule has 0 N–H and O–H groups in total. The van der Waals surface area contributed by atoms with E-state index in [0.29, 0.717) is 6.54 Å². The summed E-state index contributed by atoms with van der Waals surface area (Å²) in [4.78, 5) is 16.2. The number of para-hydroxylation sites is 2. The van der Waals surface area contributed by atoms with Crippen LogP contribution in [0.2, 0.25) is 0 Å². The number of ether oxygens (including phenoxy) is 1. The SMILES string of the molecule is COc1ccc(Cn2c(=O)cnc3ccccc32)cc1. The van der Waals surface area contributed by atoms with Crippen molar-refractivity contribution in [2.75, 3.05) is 7.11 Å². The van der Waals surface area contributed by atoms with Gasteiger partial charge in [0.25, 0.3) is 5.56 Å². The van der Waals surface area contributed by atoms with Crippen molar-refractivity contribution in [1.29, 1.82) is 0 Å². The highest BCUT2D eigenvalue weighted by atomic mass is 16.5. The molecule has 4 heteroatoms. The lowest BCUT2D eigenvalue weighted by molar-refractivity contribution is 0.414. The summed E-state index contributed by atoms with van der Waals surface area (Å²) in [6.07, 6.45) is 1.37. The van der Waals surface area contributed by atoms with Gasteiger partial charge >= 0.3 is 0 Å². The summed E-state index contributed by atoms with van der Waals surface area (Å²) in [5, 5.41) is 0. The summed E-state index contributed by atoms with van der Waals surface area (Å²) in [6.45, 7) is 0.520. The number of hydrogen-bond acceptors (Lipinski definition) is 3. The van der Waals surface area contributed by atoms with E-state index in [1.807, 2.05) is 48.5 Å². The first-order chi connectivity index (χ1) is 9.78. The molecular formula is C16H14N2O2. The minimum Gasteiger partial charge on any atom is -0.497 e. The Balaban J connectivity index is 2.05. The van der Waals surface area contributed by atoms with E-state index in [9.17, 15) is 4.79 Å². The van der Waals surface area contributed by atoms with E-state index < -0.39 is 0 Å². The van der Waals surface area contributed by atoms with Crippen molar-refractivity contribution in [1.82, 2.24) is 9.55 Å². The first-order valence-electron chi connectivity index (χ1n) is 6.35. The number of methoxy groups -OCH3 is 1. The summed E-state index contributed by atoms with van der Waals surface area (Å²) < 4.78 is 6.86. The fourth-order valence-electron chi connectivity index (χ4n) is 2.19. The fourth-order valence-corrected chi connectivity index (χ4v) is 2.19. The van der Waals surface area contributed by atoms with Crippen LogP contribution < -0.4 is 10.3 Å². The third kappa shape index (κ3) is 2.28. The van der Waals surface area contributed by atoms with Crippen molar-refractivity contribution in [3.63, 3.8) is 0 Å². The molecule has 0 saturated carbocycles. The van der Waals surface area contributed by atoms with E-state index in [4.69, 9.17) is 4.74 Å². The summed E-state index contributed by atoms with van der Waals surface area (Å²) in [5.74, 6) is 0.806. The lowest BCUT2D eigenvalue weighted by Crippen LogP contribution is -2.20. The highest BCUT2D eigenvalue weighted by Crippen LogP contribution is 2.14. The third-order valence-electron chi connectivity index (χ3n) is 3.25. The van der Waals surface area contributed by atoms with E-state index >= 15 is 0 Å². The molecule has 2 aromatic carbocycles. The minimum atomic E-state index is -0.0977. The number of fused-ring (bicyclic) bond motifs is 1. The monoisotopic (exact) mass is 266 g/mol. The van der Waals surface area contributed by atoms with Crippen molar-refractivity contribution >= 4 is 11.0 Å². The van der Waals surface area contributed by atoms with E-state index in [0.717, 1.165) is 22.3 Å². The summed E-state index contributed by atoms with van der Waals surface area (Å²) in [5.41, 5.74) is 2.61. The lowest BCUT2D eigenvalue weighted by Gasteiger charge is -2.10. The Hall–Kier alpha value is -2.62. The second kappa shape index (κ2) is 5.17. The van der Waals surface area contributed by atoms with E-state index in [2.05, 4.69) is 4.98 Å². The molecule has 0 unspecified atom stereocenters. The van der Waals surface area contributed by atoms with Gasteiger partial charge in [0.15, 0.2) is 0 Å². The Morgan fingerprint density at radius 1 is 1.10 bits per heavy atom. The molecule has 0 atom stereocenters. The van der Waals surface area contributed by atoms with Crippen molar-refractivity contribution in [3.05, 3.63) is 70.6 Å². The highest BCUT2D eigenvalue weighted by molar-refractivity contribution is 5.74. The zero-order chi connectivity index (χ0) is 13.9. The summed E-state index contributed by atoms with van der Waals surface area (Å²) >= 11 is 0. The molecule has 0 fully saturated rings. The smallest absolute Gasteiger partial charge is 0.269 e. The van der Waals surface area contributed by atoms with Crippen LogP contribution in [0.15, 0.2) is 59.5 Å². The van der Waals surface area contributed by atoms with Crippen LogP contribution in [-0.4, -0.2) is 16.7 Å². The first kappa shape index (κ1) is 12.4. The molecule has 0 spiro atoms. The molecule has 1 aromatic heterocycles. The molecule has 0 aliphatic carbocycles. The first-order valence-corrected chi connectivity index (χ1v) is 6.35. The number of aromatic nitrogens is 2. The van der Waals surface area contributed by atoms with Crippen LogP contribution in [0.4, 0.5) is 0 Å². The van der Waals surface area contributed by atoms with Gasteiger partial charge in [-0.3, -0.25) is 4.79 Å². The predicted octanol–water partition coefficient (Wildman–Crippen LogP) is 2.45. The third-order valence-corrected chi connectivity index (χ3v) is 3.25. The zero-order valence-corrected chi connectivity index (χ0v) is 11.1. The number of nitrogens with zero attached hydrogens (tertiary/aromatic N) is 2. The van der Waals surface area contributed by atoms with Crippen molar-refractivity contribution < 1.29 is 4.74 Å². The maximum atomic E-state index is 12.0. The second-order valence-electron chi connectivity index (χ2n) is 4.52. The molecule has 0 bridgehead atoms. The molecule has 1 heterocycles. The molecule has 0 radical (unpaired) electrons. The largest absolute Gasteiger partial charge is 0.497 e. The Kier molecular flexibility index (Phi) is 3.21. The van der Waals surface area contributed by atoms with Gasteiger partial charge in [0.05, 0.1) is 30.9 Å². The minimum absolute atomic E-state index is 0.0977. The topological polar surface area (TPSA) is 44.1 Å². The molecule has 0 amide bonds. The Morgan fingerprint density at radius 2 is 1.85 bits per heavy atom. The maximum absolute atomic E-state index is 12.0. The van der Waals surface area contributed by atoms with Crippen LogP contribution in [0.1, 0.15) is 5.56 Å². The van der Waals surface area contributed by atoms with Gasteiger partial charge in [0.2, 0.25) is 0 Å². The maximum Gasteiger partial charge on any atom is 0.269 e. The Morgan fingerprint density at radius 3 is 2.60 bits per heavy atom. The van der Waals surface area contributed by atoms with Crippen molar-refractivity contribution in [2.45, 2.75) is 6.54 Å². The van der Waals surface area contributed by atoms with Crippen LogP contribution in [0.3, 0.4) is 0 Å². The molecular weight excluding hydrogens is 252 g/mol. The van der Waals surface area contributed by atoms with Gasteiger partial charge < -0.3 is 9.30 Å². The quantitative estimate of drug-likeness (QED) is 0.731. The summed E-state index contributed by atoms with van der Waals surface area (Å²) in [6, 6.07) is 15.3. The standard InChI is InChI=1S/C16H14N2O2/c1-20-13-8-6-12(7-9-13)11-18-15-5-3-2-4-14(15)17-10-16(18)19/h2-10H,11H2,1H3. The van der Waals surface area contributed by atoms with Gasteiger partial charge in [-0.25, -0.2) is 4.98 Å². The normalized spacial score (nSPS) is 10.7. The number of rotatable bonds is 3. The fraction of sp³-hybridized carbons (Fsp3) is 0.125. The van der Waals surface area contributed by atoms with Gasteiger partial charge in [-0.05, 0) is 29.8 Å². The number of benzene rings is 2.